The molecule has 0 spiro atoms. The van der Waals surface area contributed by atoms with Crippen molar-refractivity contribution in [2.45, 2.75) is 25.9 Å². The molecular formula is C7H11N3O. The summed E-state index contributed by atoms with van der Waals surface area (Å²) < 4.78 is 5.07. The van der Waals surface area contributed by atoms with Gasteiger partial charge in [0.2, 0.25) is 0 Å². The molecule has 1 aromatic rings. The van der Waals surface area contributed by atoms with E-state index >= 15 is 0 Å². The van der Waals surface area contributed by atoms with Crippen LogP contribution in [0.1, 0.15) is 30.7 Å². The minimum atomic E-state index is 0.315. The van der Waals surface area contributed by atoms with Crippen molar-refractivity contribution >= 4 is 5.82 Å². The molecule has 3 N–H and O–H groups in total. The van der Waals surface area contributed by atoms with Crippen LogP contribution in [0.3, 0.4) is 0 Å². The van der Waals surface area contributed by atoms with E-state index in [9.17, 15) is 0 Å². The number of fused-ring (bicyclic) bond motifs is 1. The molecule has 1 aliphatic heterocycles. The summed E-state index contributed by atoms with van der Waals surface area (Å²) in [6, 6.07) is 0.315. The monoisotopic (exact) mass is 153 g/mol. The van der Waals surface area contributed by atoms with Crippen LogP contribution in [0.4, 0.5) is 5.82 Å². The Bertz CT molecular complexity index is 269. The number of hydrogen-bond acceptors (Lipinski definition) is 4. The van der Waals surface area contributed by atoms with E-state index < -0.39 is 0 Å². The lowest BCUT2D eigenvalue weighted by Crippen LogP contribution is -2.11. The summed E-state index contributed by atoms with van der Waals surface area (Å²) >= 11 is 0. The number of anilines is 1. The average Bonchev–Trinajstić information content (AvgIpc) is 2.53. The van der Waals surface area contributed by atoms with Gasteiger partial charge in [0.15, 0.2) is 11.6 Å². The van der Waals surface area contributed by atoms with Gasteiger partial charge in [0, 0.05) is 6.54 Å². The number of nitrogen functional groups attached to an aromatic ring is 1. The first kappa shape index (κ1) is 6.67. The van der Waals surface area contributed by atoms with Crippen molar-refractivity contribution in [1.82, 2.24) is 10.5 Å². The van der Waals surface area contributed by atoms with Crippen molar-refractivity contribution in [3.05, 3.63) is 11.3 Å². The van der Waals surface area contributed by atoms with Gasteiger partial charge in [0.05, 0.1) is 11.6 Å². The van der Waals surface area contributed by atoms with Crippen molar-refractivity contribution in [3.8, 4) is 0 Å². The maximum absolute atomic E-state index is 5.56. The highest BCUT2D eigenvalue weighted by molar-refractivity contribution is 5.43. The van der Waals surface area contributed by atoms with Crippen LogP contribution >= 0.6 is 0 Å². The second-order valence-electron chi connectivity index (χ2n) is 2.75. The lowest BCUT2D eigenvalue weighted by atomic mass is 10.2. The van der Waals surface area contributed by atoms with Gasteiger partial charge in [-0.25, -0.2) is 0 Å². The average molecular weight is 153 g/mol. The molecule has 60 valence electrons. The second-order valence-corrected chi connectivity index (χ2v) is 2.75. The molecule has 0 aromatic carbocycles. The van der Waals surface area contributed by atoms with Gasteiger partial charge in [-0.05, 0) is 6.42 Å². The van der Waals surface area contributed by atoms with Gasteiger partial charge in [-0.3, -0.25) is 0 Å². The second kappa shape index (κ2) is 2.23. The standard InChI is InChI=1S/C7H11N3O/c1-2-5-6-4(3-9-5)7(8)10-11-6/h5,9H,2-3H2,1H3,(H2,8,10). The van der Waals surface area contributed by atoms with Gasteiger partial charge >= 0.3 is 0 Å². The van der Waals surface area contributed by atoms with Gasteiger partial charge in [0.25, 0.3) is 0 Å². The maximum atomic E-state index is 5.56. The zero-order chi connectivity index (χ0) is 7.84. The molecule has 2 heterocycles. The predicted octanol–water partition coefficient (Wildman–Crippen LogP) is 0.811. The molecule has 1 unspecified atom stereocenters. The van der Waals surface area contributed by atoms with E-state index in [1.807, 2.05) is 0 Å². The minimum Gasteiger partial charge on any atom is -0.381 e. The largest absolute Gasteiger partial charge is 0.381 e. The van der Waals surface area contributed by atoms with Crippen LogP contribution in [-0.4, -0.2) is 5.16 Å². The topological polar surface area (TPSA) is 64.1 Å². The fourth-order valence-electron chi connectivity index (χ4n) is 1.43. The van der Waals surface area contributed by atoms with E-state index in [4.69, 9.17) is 10.3 Å². The zero-order valence-electron chi connectivity index (χ0n) is 6.42. The lowest BCUT2D eigenvalue weighted by Gasteiger charge is -2.02. The fraction of sp³-hybridized carbons (Fsp3) is 0.571. The van der Waals surface area contributed by atoms with Gasteiger partial charge in [-0.2, -0.15) is 0 Å². The van der Waals surface area contributed by atoms with Crippen LogP contribution in [0.25, 0.3) is 0 Å². The molecule has 1 aliphatic rings. The third-order valence-corrected chi connectivity index (χ3v) is 2.10. The normalized spacial score (nSPS) is 22.1. The number of nitrogens with two attached hydrogens (primary N) is 1. The number of rotatable bonds is 1. The molecule has 0 radical (unpaired) electrons. The Morgan fingerprint density at radius 2 is 2.64 bits per heavy atom. The third-order valence-electron chi connectivity index (χ3n) is 2.10. The molecule has 0 fully saturated rings. The summed E-state index contributed by atoms with van der Waals surface area (Å²) in [4.78, 5) is 0. The van der Waals surface area contributed by atoms with Crippen molar-refractivity contribution in [1.29, 1.82) is 0 Å². The van der Waals surface area contributed by atoms with E-state index in [-0.39, 0.29) is 0 Å². The number of aromatic nitrogens is 1. The van der Waals surface area contributed by atoms with Crippen molar-refractivity contribution in [2.24, 2.45) is 0 Å². The SMILES string of the molecule is CCC1NCc2c(N)noc21. The van der Waals surface area contributed by atoms with Crippen LogP contribution in [0.15, 0.2) is 4.52 Å². The summed E-state index contributed by atoms with van der Waals surface area (Å²) in [5.41, 5.74) is 6.60. The Morgan fingerprint density at radius 3 is 3.36 bits per heavy atom. The third kappa shape index (κ3) is 0.826. The van der Waals surface area contributed by atoms with Crippen LogP contribution in [0, 0.1) is 0 Å². The predicted molar refractivity (Wildman–Crippen MR) is 40.8 cm³/mol. The quantitative estimate of drug-likeness (QED) is 0.626. The van der Waals surface area contributed by atoms with E-state index in [1.54, 1.807) is 0 Å². The van der Waals surface area contributed by atoms with E-state index in [0.29, 0.717) is 11.9 Å². The highest BCUT2D eigenvalue weighted by Crippen LogP contribution is 2.30. The Labute approximate surface area is 64.7 Å². The molecule has 2 rings (SSSR count). The molecule has 4 heteroatoms. The number of nitrogens with zero attached hydrogens (tertiary/aromatic N) is 1. The first-order valence-corrected chi connectivity index (χ1v) is 3.80. The number of nitrogens with one attached hydrogen (secondary N) is 1. The van der Waals surface area contributed by atoms with E-state index in [1.165, 1.54) is 0 Å². The summed E-state index contributed by atoms with van der Waals surface area (Å²) in [5, 5.41) is 6.98. The summed E-state index contributed by atoms with van der Waals surface area (Å²) in [5.74, 6) is 1.45. The first-order chi connectivity index (χ1) is 5.33. The minimum absolute atomic E-state index is 0.315. The molecule has 1 atom stereocenters. The molecule has 11 heavy (non-hydrogen) atoms. The van der Waals surface area contributed by atoms with E-state index in [0.717, 1.165) is 24.3 Å². The van der Waals surface area contributed by atoms with Crippen LogP contribution in [0.5, 0.6) is 0 Å². The molecule has 0 bridgehead atoms. The Hall–Kier alpha value is -1.03. The number of hydrogen-bond donors (Lipinski definition) is 2. The van der Waals surface area contributed by atoms with Crippen molar-refractivity contribution in [2.75, 3.05) is 5.73 Å². The molecule has 4 nitrogen and oxygen atoms in total. The molecule has 0 aliphatic carbocycles. The molecule has 1 aromatic heterocycles. The van der Waals surface area contributed by atoms with Gasteiger partial charge in [-0.1, -0.05) is 12.1 Å². The summed E-state index contributed by atoms with van der Waals surface area (Å²) in [7, 11) is 0. The molecular weight excluding hydrogens is 142 g/mol. The van der Waals surface area contributed by atoms with Gasteiger partial charge in [-0.15, -0.1) is 0 Å². The van der Waals surface area contributed by atoms with Crippen LogP contribution in [-0.2, 0) is 6.54 Å². The Morgan fingerprint density at radius 1 is 1.82 bits per heavy atom. The Balaban J connectivity index is 2.40. The summed E-state index contributed by atoms with van der Waals surface area (Å²) in [6.07, 6.45) is 1.02. The molecule has 0 saturated heterocycles. The maximum Gasteiger partial charge on any atom is 0.171 e. The highest BCUT2D eigenvalue weighted by atomic mass is 16.5. The summed E-state index contributed by atoms with van der Waals surface area (Å²) in [6.45, 7) is 2.90. The van der Waals surface area contributed by atoms with Crippen LogP contribution in [0.2, 0.25) is 0 Å². The van der Waals surface area contributed by atoms with Gasteiger partial charge < -0.3 is 15.6 Å². The molecule has 0 amide bonds. The zero-order valence-corrected chi connectivity index (χ0v) is 6.42. The molecule has 0 saturated carbocycles. The fourth-order valence-corrected chi connectivity index (χ4v) is 1.43. The van der Waals surface area contributed by atoms with Crippen molar-refractivity contribution < 1.29 is 4.52 Å². The first-order valence-electron chi connectivity index (χ1n) is 3.80. The Kier molecular flexibility index (Phi) is 1.35. The van der Waals surface area contributed by atoms with E-state index in [2.05, 4.69) is 17.4 Å². The van der Waals surface area contributed by atoms with Crippen molar-refractivity contribution in [3.63, 3.8) is 0 Å². The van der Waals surface area contributed by atoms with Gasteiger partial charge in [0.1, 0.15) is 0 Å². The lowest BCUT2D eigenvalue weighted by molar-refractivity contribution is 0.350. The smallest absolute Gasteiger partial charge is 0.171 e. The van der Waals surface area contributed by atoms with Crippen LogP contribution < -0.4 is 11.1 Å². The highest BCUT2D eigenvalue weighted by Gasteiger charge is 2.27.